The highest BCUT2D eigenvalue weighted by Crippen LogP contribution is 2.18. The molecule has 0 unspecified atom stereocenters. The molecule has 0 spiro atoms. The van der Waals surface area contributed by atoms with E-state index in [0.29, 0.717) is 6.04 Å². The first-order valence-corrected chi connectivity index (χ1v) is 4.58. The molecule has 0 aromatic carbocycles. The maximum atomic E-state index is 11.0. The third-order valence-electron chi connectivity index (χ3n) is 2.40. The van der Waals surface area contributed by atoms with Crippen LogP contribution in [0.1, 0.15) is 32.6 Å². The number of hydrogen-bond acceptors (Lipinski definition) is 3. The third-order valence-corrected chi connectivity index (χ3v) is 2.40. The molecule has 0 saturated heterocycles. The minimum Gasteiger partial charge on any atom is -0.468 e. The van der Waals surface area contributed by atoms with Crippen molar-refractivity contribution in [3.05, 3.63) is 0 Å². The maximum absolute atomic E-state index is 11.0. The monoisotopic (exact) mass is 171 g/mol. The quantitative estimate of drug-likeness (QED) is 0.646. The average Bonchev–Trinajstić information content (AvgIpc) is 2.55. The molecule has 0 aromatic rings. The van der Waals surface area contributed by atoms with Crippen molar-refractivity contribution in [3.8, 4) is 0 Å². The Labute approximate surface area is 73.5 Å². The van der Waals surface area contributed by atoms with Gasteiger partial charge in [0.2, 0.25) is 0 Å². The first kappa shape index (κ1) is 9.52. The molecule has 0 amide bonds. The third kappa shape index (κ3) is 2.48. The van der Waals surface area contributed by atoms with E-state index in [1.54, 1.807) is 0 Å². The zero-order chi connectivity index (χ0) is 8.97. The summed E-state index contributed by atoms with van der Waals surface area (Å²) in [6, 6.07) is 0.372. The molecule has 1 N–H and O–H groups in total. The Morgan fingerprint density at radius 1 is 1.50 bits per heavy atom. The number of nitrogens with one attached hydrogen (secondary N) is 1. The van der Waals surface area contributed by atoms with Crippen LogP contribution >= 0.6 is 0 Å². The lowest BCUT2D eigenvalue weighted by molar-refractivity contribution is -0.142. The largest absolute Gasteiger partial charge is 0.468 e. The maximum Gasteiger partial charge on any atom is 0.322 e. The van der Waals surface area contributed by atoms with Gasteiger partial charge < -0.3 is 10.1 Å². The van der Waals surface area contributed by atoms with Crippen molar-refractivity contribution in [1.82, 2.24) is 5.32 Å². The van der Waals surface area contributed by atoms with Crippen molar-refractivity contribution in [2.45, 2.75) is 44.7 Å². The van der Waals surface area contributed by atoms with Crippen LogP contribution in [0.4, 0.5) is 0 Å². The lowest BCUT2D eigenvalue weighted by Gasteiger charge is -2.16. The zero-order valence-electron chi connectivity index (χ0n) is 7.80. The lowest BCUT2D eigenvalue weighted by atomic mass is 10.2. The minimum atomic E-state index is -0.165. The molecule has 1 atom stereocenters. The lowest BCUT2D eigenvalue weighted by Crippen LogP contribution is -2.40. The molecule has 0 aliphatic heterocycles. The molecule has 1 saturated carbocycles. The van der Waals surface area contributed by atoms with Gasteiger partial charge in [0, 0.05) is 6.04 Å². The summed E-state index contributed by atoms with van der Waals surface area (Å²) in [5, 5.41) is 3.25. The number of esters is 1. The molecule has 1 aliphatic rings. The highest BCUT2D eigenvalue weighted by atomic mass is 16.5. The van der Waals surface area contributed by atoms with Crippen LogP contribution < -0.4 is 5.32 Å². The van der Waals surface area contributed by atoms with Crippen molar-refractivity contribution in [2.75, 3.05) is 7.11 Å². The summed E-state index contributed by atoms with van der Waals surface area (Å²) in [4.78, 5) is 11.0. The summed E-state index contributed by atoms with van der Waals surface area (Å²) in [6.07, 6.45) is 4.96. The molecule has 70 valence electrons. The van der Waals surface area contributed by atoms with Crippen molar-refractivity contribution in [1.29, 1.82) is 0 Å². The molecule has 1 aliphatic carbocycles. The zero-order valence-corrected chi connectivity index (χ0v) is 7.80. The van der Waals surface area contributed by atoms with Gasteiger partial charge in [0.15, 0.2) is 0 Å². The normalized spacial score (nSPS) is 20.8. The Balaban J connectivity index is 2.24. The highest BCUT2D eigenvalue weighted by molar-refractivity contribution is 5.75. The molecule has 1 rings (SSSR count). The average molecular weight is 171 g/mol. The number of rotatable bonds is 3. The van der Waals surface area contributed by atoms with Gasteiger partial charge in [-0.15, -0.1) is 0 Å². The van der Waals surface area contributed by atoms with Crippen molar-refractivity contribution < 1.29 is 9.53 Å². The predicted molar refractivity (Wildman–Crippen MR) is 46.9 cm³/mol. The van der Waals surface area contributed by atoms with Crippen LogP contribution in [0.2, 0.25) is 0 Å². The Hall–Kier alpha value is -0.570. The SMILES string of the molecule is COC(=O)[C@H](C)NC1CCCC1. The molecule has 12 heavy (non-hydrogen) atoms. The van der Waals surface area contributed by atoms with E-state index in [2.05, 4.69) is 10.1 Å². The molecule has 1 fully saturated rings. The van der Waals surface area contributed by atoms with Gasteiger partial charge in [-0.05, 0) is 19.8 Å². The number of methoxy groups -OCH3 is 1. The fourth-order valence-corrected chi connectivity index (χ4v) is 1.69. The Morgan fingerprint density at radius 3 is 2.58 bits per heavy atom. The number of carbonyl (C=O) groups excluding carboxylic acids is 1. The summed E-state index contributed by atoms with van der Waals surface area (Å²) >= 11 is 0. The van der Waals surface area contributed by atoms with Crippen LogP contribution in [0.15, 0.2) is 0 Å². The molecule has 3 heteroatoms. The van der Waals surface area contributed by atoms with Crippen LogP contribution in [0, 0.1) is 0 Å². The topological polar surface area (TPSA) is 38.3 Å². The fraction of sp³-hybridized carbons (Fsp3) is 0.889. The summed E-state index contributed by atoms with van der Waals surface area (Å²) in [7, 11) is 1.43. The van der Waals surface area contributed by atoms with Crippen LogP contribution in [0.3, 0.4) is 0 Å². The van der Waals surface area contributed by atoms with Crippen LogP contribution in [-0.2, 0) is 9.53 Å². The van der Waals surface area contributed by atoms with Crippen molar-refractivity contribution in [2.24, 2.45) is 0 Å². The van der Waals surface area contributed by atoms with Gasteiger partial charge in [0.25, 0.3) is 0 Å². The highest BCUT2D eigenvalue weighted by Gasteiger charge is 2.20. The van der Waals surface area contributed by atoms with Gasteiger partial charge >= 0.3 is 5.97 Å². The van der Waals surface area contributed by atoms with E-state index >= 15 is 0 Å². The van der Waals surface area contributed by atoms with E-state index in [1.807, 2.05) is 6.92 Å². The predicted octanol–water partition coefficient (Wildman–Crippen LogP) is 1.08. The Morgan fingerprint density at radius 2 is 2.08 bits per heavy atom. The molecule has 0 aromatic heterocycles. The van der Waals surface area contributed by atoms with E-state index in [4.69, 9.17) is 0 Å². The first-order valence-electron chi connectivity index (χ1n) is 4.58. The molecule has 0 heterocycles. The second-order valence-corrected chi connectivity index (χ2v) is 3.39. The van der Waals surface area contributed by atoms with E-state index in [-0.39, 0.29) is 12.0 Å². The Bertz CT molecular complexity index is 153. The van der Waals surface area contributed by atoms with Crippen molar-refractivity contribution >= 4 is 5.97 Å². The first-order chi connectivity index (χ1) is 5.74. The van der Waals surface area contributed by atoms with Crippen molar-refractivity contribution in [3.63, 3.8) is 0 Å². The van der Waals surface area contributed by atoms with Gasteiger partial charge in [-0.25, -0.2) is 0 Å². The van der Waals surface area contributed by atoms with E-state index < -0.39 is 0 Å². The van der Waals surface area contributed by atoms with Gasteiger partial charge in [-0.1, -0.05) is 12.8 Å². The number of hydrogen-bond donors (Lipinski definition) is 1. The number of carbonyl (C=O) groups is 1. The van der Waals surface area contributed by atoms with E-state index in [9.17, 15) is 4.79 Å². The molecule has 0 bridgehead atoms. The molecular weight excluding hydrogens is 154 g/mol. The number of ether oxygens (including phenoxy) is 1. The summed E-state index contributed by atoms with van der Waals surface area (Å²) in [5.41, 5.74) is 0. The smallest absolute Gasteiger partial charge is 0.322 e. The minimum absolute atomic E-state index is 0.155. The van der Waals surface area contributed by atoms with Gasteiger partial charge in [0.05, 0.1) is 7.11 Å². The molecule has 0 radical (unpaired) electrons. The van der Waals surface area contributed by atoms with Crippen LogP contribution in [0.5, 0.6) is 0 Å². The van der Waals surface area contributed by atoms with E-state index in [0.717, 1.165) is 0 Å². The summed E-state index contributed by atoms with van der Waals surface area (Å²) in [5.74, 6) is -0.165. The van der Waals surface area contributed by atoms with Gasteiger partial charge in [-0.2, -0.15) is 0 Å². The second kappa shape index (κ2) is 4.45. The fourth-order valence-electron chi connectivity index (χ4n) is 1.69. The summed E-state index contributed by atoms with van der Waals surface area (Å²) in [6.45, 7) is 1.85. The van der Waals surface area contributed by atoms with Crippen LogP contribution in [0.25, 0.3) is 0 Å². The van der Waals surface area contributed by atoms with Gasteiger partial charge in [-0.3, -0.25) is 4.79 Å². The van der Waals surface area contributed by atoms with E-state index in [1.165, 1.54) is 32.8 Å². The summed E-state index contributed by atoms with van der Waals surface area (Å²) < 4.78 is 4.62. The molecule has 3 nitrogen and oxygen atoms in total. The molecular formula is C9H17NO2. The Kier molecular flexibility index (Phi) is 3.53. The van der Waals surface area contributed by atoms with Gasteiger partial charge in [0.1, 0.15) is 6.04 Å². The standard InChI is InChI=1S/C9H17NO2/c1-7(9(11)12-2)10-8-5-3-4-6-8/h7-8,10H,3-6H2,1-2H3/t7-/m0/s1. The van der Waals surface area contributed by atoms with Crippen LogP contribution in [-0.4, -0.2) is 25.2 Å². The second-order valence-electron chi connectivity index (χ2n) is 3.39.